The molecule has 0 aromatic heterocycles. The molecule has 0 saturated heterocycles. The van der Waals surface area contributed by atoms with Crippen molar-refractivity contribution in [2.24, 2.45) is 0 Å². The van der Waals surface area contributed by atoms with E-state index >= 15 is 0 Å². The van der Waals surface area contributed by atoms with Gasteiger partial charge in [0.2, 0.25) is 0 Å². The molecule has 0 aliphatic heterocycles. The normalized spacial score (nSPS) is 11.9. The van der Waals surface area contributed by atoms with E-state index in [2.05, 4.69) is 16.5 Å². The van der Waals surface area contributed by atoms with Crippen LogP contribution in [0.1, 0.15) is 0 Å². The van der Waals surface area contributed by atoms with Crippen LogP contribution in [0.2, 0.25) is 6.82 Å². The molecule has 0 rings (SSSR count). The Morgan fingerprint density at radius 1 is 1.91 bits per heavy atom. The first-order valence-electron chi connectivity index (χ1n) is 3.26. The fraction of sp³-hybridized carbons (Fsp3) is 0.500. The topological polar surface area (TPSA) is 58.6 Å². The number of carbonyl (C=O) groups is 1. The summed E-state index contributed by atoms with van der Waals surface area (Å²) >= 11 is 0. The van der Waals surface area contributed by atoms with Gasteiger partial charge in [0.1, 0.15) is 6.04 Å². The van der Waals surface area contributed by atoms with Crippen molar-refractivity contribution in [3.05, 3.63) is 12.7 Å². The van der Waals surface area contributed by atoms with Crippen LogP contribution in [0.25, 0.3) is 0 Å². The summed E-state index contributed by atoms with van der Waals surface area (Å²) in [4.78, 5) is 10.8. The van der Waals surface area contributed by atoms with Crippen LogP contribution in [0.15, 0.2) is 12.7 Å². The molecule has 0 radical (unpaired) electrons. The van der Waals surface area contributed by atoms with Gasteiger partial charge in [0.05, 0.1) is 7.11 Å². The summed E-state index contributed by atoms with van der Waals surface area (Å²) < 4.78 is 4.42. The van der Waals surface area contributed by atoms with Crippen LogP contribution in [-0.4, -0.2) is 31.2 Å². The molecule has 0 saturated carbocycles. The lowest BCUT2D eigenvalue weighted by atomic mass is 9.87. The molecule has 0 bridgehead atoms. The van der Waals surface area contributed by atoms with E-state index in [1.807, 2.05) is 0 Å². The van der Waals surface area contributed by atoms with Crippen LogP contribution >= 0.6 is 0 Å². The molecular formula is C6H12BNO3. The van der Waals surface area contributed by atoms with Crippen molar-refractivity contribution < 1.29 is 14.6 Å². The van der Waals surface area contributed by atoms with E-state index in [1.165, 1.54) is 20.0 Å². The van der Waals surface area contributed by atoms with E-state index in [9.17, 15) is 4.79 Å². The second-order valence-electron chi connectivity index (χ2n) is 2.08. The van der Waals surface area contributed by atoms with Gasteiger partial charge in [0.25, 0.3) is 0 Å². The Morgan fingerprint density at radius 3 is 2.73 bits per heavy atom. The molecule has 2 N–H and O–H groups in total. The predicted octanol–water partition coefficient (Wildman–Crippen LogP) is -0.586. The van der Waals surface area contributed by atoms with Crippen LogP contribution in [0.4, 0.5) is 0 Å². The molecular weight excluding hydrogens is 145 g/mol. The second-order valence-corrected chi connectivity index (χ2v) is 2.08. The molecule has 5 heteroatoms. The van der Waals surface area contributed by atoms with Crippen molar-refractivity contribution in [3.63, 3.8) is 0 Å². The fourth-order valence-corrected chi connectivity index (χ4v) is 0.619. The van der Waals surface area contributed by atoms with Gasteiger partial charge in [-0.3, -0.25) is 4.79 Å². The van der Waals surface area contributed by atoms with E-state index in [-0.39, 0.29) is 0 Å². The molecule has 1 atom stereocenters. The van der Waals surface area contributed by atoms with Gasteiger partial charge in [-0.2, -0.15) is 0 Å². The molecule has 0 aromatic carbocycles. The quantitative estimate of drug-likeness (QED) is 0.325. The molecule has 0 fully saturated rings. The third-order valence-electron chi connectivity index (χ3n) is 1.11. The average Bonchev–Trinajstić information content (AvgIpc) is 1.98. The van der Waals surface area contributed by atoms with Crippen molar-refractivity contribution in [2.75, 3.05) is 7.11 Å². The van der Waals surface area contributed by atoms with Crippen LogP contribution in [-0.2, 0) is 9.53 Å². The molecule has 1 unspecified atom stereocenters. The Bertz CT molecular complexity index is 149. The summed E-state index contributed by atoms with van der Waals surface area (Å²) in [6.45, 7) is 4.92. The molecule has 0 aliphatic carbocycles. The van der Waals surface area contributed by atoms with Crippen LogP contribution in [0.3, 0.4) is 0 Å². The van der Waals surface area contributed by atoms with Crippen molar-refractivity contribution in [2.45, 2.75) is 12.9 Å². The maximum absolute atomic E-state index is 10.8. The number of ether oxygens (including phenoxy) is 1. The molecule has 0 aliphatic rings. The third-order valence-corrected chi connectivity index (χ3v) is 1.11. The first kappa shape index (κ1) is 10.2. The van der Waals surface area contributed by atoms with E-state index in [0.29, 0.717) is 0 Å². The standard InChI is InChI=1S/C6H12BNO3/c1-4-5(6(9)11-3)8-7(2)10/h4-5,8,10H,1H2,2-3H3. The van der Waals surface area contributed by atoms with Crippen molar-refractivity contribution in [1.82, 2.24) is 5.23 Å². The minimum absolute atomic E-state index is 0.457. The minimum atomic E-state index is -0.753. The van der Waals surface area contributed by atoms with Crippen LogP contribution in [0.5, 0.6) is 0 Å². The minimum Gasteiger partial charge on any atom is -0.468 e. The van der Waals surface area contributed by atoms with Crippen LogP contribution < -0.4 is 5.23 Å². The highest BCUT2D eigenvalue weighted by molar-refractivity contribution is 6.46. The molecule has 0 amide bonds. The summed E-state index contributed by atoms with van der Waals surface area (Å²) in [5.41, 5.74) is 0. The van der Waals surface area contributed by atoms with Gasteiger partial charge in [-0.25, -0.2) is 0 Å². The Kier molecular flexibility index (Phi) is 4.57. The molecule has 4 nitrogen and oxygen atoms in total. The lowest BCUT2D eigenvalue weighted by Crippen LogP contribution is -2.44. The highest BCUT2D eigenvalue weighted by atomic mass is 16.5. The number of hydrogen-bond donors (Lipinski definition) is 2. The third kappa shape index (κ3) is 3.80. The van der Waals surface area contributed by atoms with Crippen molar-refractivity contribution in [3.8, 4) is 0 Å². The lowest BCUT2D eigenvalue weighted by Gasteiger charge is -2.11. The second kappa shape index (κ2) is 4.93. The fourth-order valence-electron chi connectivity index (χ4n) is 0.619. The SMILES string of the molecule is C=CC(NB(C)O)C(=O)OC. The number of carbonyl (C=O) groups excluding carboxylic acids is 1. The number of methoxy groups -OCH3 is 1. The van der Waals surface area contributed by atoms with Crippen molar-refractivity contribution >= 4 is 13.0 Å². The number of hydrogen-bond acceptors (Lipinski definition) is 4. The maximum Gasteiger partial charge on any atom is 0.374 e. The summed E-state index contributed by atoms with van der Waals surface area (Å²) in [5.74, 6) is -0.457. The summed E-state index contributed by atoms with van der Waals surface area (Å²) in [5, 5.41) is 11.4. The van der Waals surface area contributed by atoms with Gasteiger partial charge in [-0.05, 0) is 6.82 Å². The highest BCUT2D eigenvalue weighted by Crippen LogP contribution is 1.88. The largest absolute Gasteiger partial charge is 0.468 e. The zero-order valence-electron chi connectivity index (χ0n) is 6.70. The average molecular weight is 157 g/mol. The molecule has 62 valence electrons. The summed E-state index contributed by atoms with van der Waals surface area (Å²) in [6.07, 6.45) is 1.37. The van der Waals surface area contributed by atoms with Gasteiger partial charge < -0.3 is 15.0 Å². The van der Waals surface area contributed by atoms with Gasteiger partial charge in [0, 0.05) is 0 Å². The summed E-state index contributed by atoms with van der Waals surface area (Å²) in [6, 6.07) is -0.639. The Hall–Kier alpha value is -0.805. The van der Waals surface area contributed by atoms with E-state index in [0.717, 1.165) is 0 Å². The predicted molar refractivity (Wildman–Crippen MR) is 43.0 cm³/mol. The van der Waals surface area contributed by atoms with Gasteiger partial charge in [-0.1, -0.05) is 6.08 Å². The van der Waals surface area contributed by atoms with Gasteiger partial charge >= 0.3 is 13.0 Å². The Morgan fingerprint density at radius 2 is 2.45 bits per heavy atom. The molecule has 0 heterocycles. The number of rotatable bonds is 4. The monoisotopic (exact) mass is 157 g/mol. The van der Waals surface area contributed by atoms with E-state index < -0.39 is 19.1 Å². The van der Waals surface area contributed by atoms with Gasteiger partial charge in [0.15, 0.2) is 0 Å². The van der Waals surface area contributed by atoms with Crippen LogP contribution in [0, 0.1) is 0 Å². The zero-order valence-corrected chi connectivity index (χ0v) is 6.70. The molecule has 0 spiro atoms. The highest BCUT2D eigenvalue weighted by Gasteiger charge is 2.17. The maximum atomic E-state index is 10.8. The first-order valence-corrected chi connectivity index (χ1v) is 3.26. The zero-order chi connectivity index (χ0) is 8.85. The number of esters is 1. The smallest absolute Gasteiger partial charge is 0.374 e. The number of nitrogens with one attached hydrogen (secondary N) is 1. The Labute approximate surface area is 66.4 Å². The van der Waals surface area contributed by atoms with Crippen molar-refractivity contribution in [1.29, 1.82) is 0 Å². The van der Waals surface area contributed by atoms with E-state index in [1.54, 1.807) is 0 Å². The Balaban J connectivity index is 3.95. The molecule has 0 aromatic rings. The van der Waals surface area contributed by atoms with Gasteiger partial charge in [-0.15, -0.1) is 6.58 Å². The lowest BCUT2D eigenvalue weighted by molar-refractivity contribution is -0.141. The van der Waals surface area contributed by atoms with E-state index in [4.69, 9.17) is 5.02 Å². The molecule has 11 heavy (non-hydrogen) atoms. The summed E-state index contributed by atoms with van der Waals surface area (Å²) in [7, 11) is 0.528. The first-order chi connectivity index (χ1) is 5.11.